The van der Waals surface area contributed by atoms with Gasteiger partial charge in [-0.2, -0.15) is 0 Å². The third-order valence-corrected chi connectivity index (χ3v) is 7.11. The molecule has 2 heterocycles. The Morgan fingerprint density at radius 2 is 2.00 bits per heavy atom. The van der Waals surface area contributed by atoms with Crippen molar-refractivity contribution in [3.8, 4) is 0 Å². The predicted octanol–water partition coefficient (Wildman–Crippen LogP) is 2.45. The first-order valence-electron chi connectivity index (χ1n) is 10.5. The molecule has 1 aromatic carbocycles. The van der Waals surface area contributed by atoms with E-state index in [1.807, 2.05) is 0 Å². The summed E-state index contributed by atoms with van der Waals surface area (Å²) in [5, 5.41) is 1.49. The molecule has 0 saturated heterocycles. The molecule has 1 aliphatic heterocycles. The first kappa shape index (κ1) is 16.4. The Hall–Kier alpha value is -1.81. The van der Waals surface area contributed by atoms with E-state index in [9.17, 15) is 4.79 Å². The number of aryl methyl sites for hydroxylation is 1. The molecule has 1 unspecified atom stereocenters. The molecule has 2 aromatic rings. The van der Waals surface area contributed by atoms with Crippen LogP contribution in [0.15, 0.2) is 18.2 Å². The Bertz CT molecular complexity index is 847. The number of benzene rings is 1. The average Bonchev–Trinajstić information content (AvgIpc) is 2.99. The Morgan fingerprint density at radius 1 is 1.15 bits per heavy atom. The second-order valence-electron chi connectivity index (χ2n) is 8.62. The lowest BCUT2D eigenvalue weighted by Crippen LogP contribution is -3.14. The summed E-state index contributed by atoms with van der Waals surface area (Å²) >= 11 is 0. The zero-order chi connectivity index (χ0) is 17.7. The highest BCUT2D eigenvalue weighted by molar-refractivity contribution is 5.87. The van der Waals surface area contributed by atoms with Gasteiger partial charge in [-0.05, 0) is 54.9 Å². The van der Waals surface area contributed by atoms with Crippen LogP contribution < -0.4 is 10.6 Å². The summed E-state index contributed by atoms with van der Waals surface area (Å²) in [6.45, 7) is 2.49. The van der Waals surface area contributed by atoms with E-state index in [4.69, 9.17) is 5.73 Å². The second-order valence-corrected chi connectivity index (χ2v) is 8.62. The van der Waals surface area contributed by atoms with Gasteiger partial charge < -0.3 is 15.2 Å². The van der Waals surface area contributed by atoms with Gasteiger partial charge in [0.2, 0.25) is 0 Å². The Balaban J connectivity index is 1.59. The normalized spacial score (nSPS) is 26.0. The lowest BCUT2D eigenvalue weighted by molar-refractivity contribution is -0.929. The van der Waals surface area contributed by atoms with Crippen molar-refractivity contribution in [1.82, 2.24) is 4.57 Å². The zero-order valence-electron chi connectivity index (χ0n) is 15.6. The van der Waals surface area contributed by atoms with E-state index in [-0.39, 0.29) is 5.91 Å². The van der Waals surface area contributed by atoms with Gasteiger partial charge in [0.15, 0.2) is 6.54 Å². The second kappa shape index (κ2) is 6.41. The molecular weight excluding hydrogens is 322 g/mol. The minimum absolute atomic E-state index is 0.170. The summed E-state index contributed by atoms with van der Waals surface area (Å²) in [6.07, 6.45) is 10.5. The molecule has 4 nitrogen and oxygen atoms in total. The van der Waals surface area contributed by atoms with Crippen molar-refractivity contribution in [2.75, 3.05) is 13.1 Å². The molecule has 2 aliphatic carbocycles. The molecule has 4 heteroatoms. The quantitative estimate of drug-likeness (QED) is 0.876. The van der Waals surface area contributed by atoms with Crippen LogP contribution in [0.25, 0.3) is 10.9 Å². The fourth-order valence-corrected chi connectivity index (χ4v) is 5.94. The van der Waals surface area contributed by atoms with Gasteiger partial charge in [-0.1, -0.05) is 25.3 Å². The third-order valence-electron chi connectivity index (χ3n) is 7.11. The standard InChI is InChI=1S/C22H29N3O/c23-21(26)14-24-11-12-25-19-10-9-16(15-5-2-1-3-6-15)13-18(19)17-7-4-8-20(24)22(17)25/h9-10,13,15,20H,1-8,11-12,14H2,(H2,23,26)/p+1/t20-/m1/s1. The molecule has 1 fully saturated rings. The molecule has 2 atom stereocenters. The molecule has 0 spiro atoms. The van der Waals surface area contributed by atoms with Crippen molar-refractivity contribution < 1.29 is 9.69 Å². The van der Waals surface area contributed by atoms with Crippen LogP contribution in [0.4, 0.5) is 0 Å². The van der Waals surface area contributed by atoms with Crippen molar-refractivity contribution in [2.24, 2.45) is 5.73 Å². The van der Waals surface area contributed by atoms with Gasteiger partial charge in [0.1, 0.15) is 6.04 Å². The highest BCUT2D eigenvalue weighted by Crippen LogP contribution is 2.40. The van der Waals surface area contributed by atoms with Crippen LogP contribution in [0.1, 0.15) is 73.7 Å². The number of hydrogen-bond acceptors (Lipinski definition) is 1. The molecule has 3 N–H and O–H groups in total. The molecule has 0 bridgehead atoms. The minimum Gasteiger partial charge on any atom is -0.365 e. The van der Waals surface area contributed by atoms with Gasteiger partial charge in [-0.3, -0.25) is 4.79 Å². The maximum absolute atomic E-state index is 11.5. The number of nitrogens with zero attached hydrogens (tertiary/aromatic N) is 1. The molecule has 138 valence electrons. The maximum atomic E-state index is 11.5. The van der Waals surface area contributed by atoms with E-state index >= 15 is 0 Å². The molecule has 1 amide bonds. The van der Waals surface area contributed by atoms with Gasteiger partial charge in [0.25, 0.3) is 5.91 Å². The van der Waals surface area contributed by atoms with E-state index in [1.165, 1.54) is 72.9 Å². The van der Waals surface area contributed by atoms with Crippen LogP contribution in [-0.4, -0.2) is 23.6 Å². The largest absolute Gasteiger partial charge is 0.365 e. The summed E-state index contributed by atoms with van der Waals surface area (Å²) in [4.78, 5) is 12.9. The van der Waals surface area contributed by atoms with Crippen LogP contribution in [0.3, 0.4) is 0 Å². The smallest absolute Gasteiger partial charge is 0.272 e. The van der Waals surface area contributed by atoms with Gasteiger partial charge in [0.05, 0.1) is 18.8 Å². The number of quaternary nitrogens is 1. The summed E-state index contributed by atoms with van der Waals surface area (Å²) in [6, 6.07) is 7.74. The number of nitrogens with one attached hydrogen (secondary N) is 1. The van der Waals surface area contributed by atoms with Crippen LogP contribution in [0.2, 0.25) is 0 Å². The highest BCUT2D eigenvalue weighted by atomic mass is 16.1. The van der Waals surface area contributed by atoms with Crippen molar-refractivity contribution in [2.45, 2.75) is 69.9 Å². The van der Waals surface area contributed by atoms with E-state index in [0.717, 1.165) is 19.0 Å². The molecule has 26 heavy (non-hydrogen) atoms. The van der Waals surface area contributed by atoms with Crippen molar-refractivity contribution in [3.05, 3.63) is 35.0 Å². The average molecular weight is 353 g/mol. The van der Waals surface area contributed by atoms with Gasteiger partial charge in [-0.25, -0.2) is 0 Å². The summed E-state index contributed by atoms with van der Waals surface area (Å²) in [5.41, 5.74) is 11.6. The fourth-order valence-electron chi connectivity index (χ4n) is 5.94. The number of fused-ring (bicyclic) bond motifs is 3. The lowest BCUT2D eigenvalue weighted by Gasteiger charge is -2.36. The number of carbonyl (C=O) groups excluding carboxylic acids is 1. The minimum atomic E-state index is -0.170. The molecule has 5 rings (SSSR count). The SMILES string of the molecule is NC(=O)C[NH+]1CCn2c3c(c4cc(C5CCCCC5)ccc42)CCC[C@H]31. The molecule has 1 saturated carbocycles. The molecular formula is C22H30N3O+. The van der Waals surface area contributed by atoms with Crippen LogP contribution in [-0.2, 0) is 17.8 Å². The van der Waals surface area contributed by atoms with Crippen LogP contribution >= 0.6 is 0 Å². The maximum Gasteiger partial charge on any atom is 0.272 e. The van der Waals surface area contributed by atoms with Crippen LogP contribution in [0.5, 0.6) is 0 Å². The van der Waals surface area contributed by atoms with E-state index in [1.54, 1.807) is 11.1 Å². The Labute approximate surface area is 155 Å². The van der Waals surface area contributed by atoms with Gasteiger partial charge >= 0.3 is 0 Å². The third kappa shape index (κ3) is 2.58. The Kier molecular flexibility index (Phi) is 4.04. The number of rotatable bonds is 3. The van der Waals surface area contributed by atoms with E-state index in [0.29, 0.717) is 12.6 Å². The van der Waals surface area contributed by atoms with Crippen molar-refractivity contribution in [3.63, 3.8) is 0 Å². The fraction of sp³-hybridized carbons (Fsp3) is 0.591. The Morgan fingerprint density at radius 3 is 2.81 bits per heavy atom. The van der Waals surface area contributed by atoms with Crippen LogP contribution in [0, 0.1) is 0 Å². The zero-order valence-corrected chi connectivity index (χ0v) is 15.6. The number of nitrogens with two attached hydrogens (primary N) is 1. The topological polar surface area (TPSA) is 52.5 Å². The number of hydrogen-bond donors (Lipinski definition) is 2. The highest BCUT2D eigenvalue weighted by Gasteiger charge is 2.38. The van der Waals surface area contributed by atoms with Crippen molar-refractivity contribution in [1.29, 1.82) is 0 Å². The predicted molar refractivity (Wildman–Crippen MR) is 103 cm³/mol. The van der Waals surface area contributed by atoms with E-state index in [2.05, 4.69) is 22.8 Å². The molecule has 0 radical (unpaired) electrons. The summed E-state index contributed by atoms with van der Waals surface area (Å²) < 4.78 is 2.56. The van der Waals surface area contributed by atoms with Gasteiger partial charge in [0, 0.05) is 17.3 Å². The number of amides is 1. The lowest BCUT2D eigenvalue weighted by atomic mass is 9.83. The van der Waals surface area contributed by atoms with Gasteiger partial charge in [-0.15, -0.1) is 0 Å². The van der Waals surface area contributed by atoms with Crippen molar-refractivity contribution >= 4 is 16.8 Å². The molecule has 1 aromatic heterocycles. The summed E-state index contributed by atoms with van der Waals surface area (Å²) in [7, 11) is 0. The molecule has 3 aliphatic rings. The number of carbonyl (C=O) groups is 1. The number of primary amides is 1. The summed E-state index contributed by atoms with van der Waals surface area (Å²) in [5.74, 6) is 0.588. The monoisotopic (exact) mass is 352 g/mol. The first-order chi connectivity index (χ1) is 12.7. The number of aromatic nitrogens is 1. The first-order valence-corrected chi connectivity index (χ1v) is 10.5. The van der Waals surface area contributed by atoms with E-state index < -0.39 is 0 Å².